The van der Waals surface area contributed by atoms with Gasteiger partial charge in [-0.25, -0.2) is 4.79 Å². The molecule has 1 aromatic rings. The van der Waals surface area contributed by atoms with E-state index in [1.54, 1.807) is 24.3 Å². The summed E-state index contributed by atoms with van der Waals surface area (Å²) in [6.45, 7) is 0. The quantitative estimate of drug-likeness (QED) is 0.478. The summed E-state index contributed by atoms with van der Waals surface area (Å²) >= 11 is 0. The van der Waals surface area contributed by atoms with E-state index < -0.39 is 23.9 Å². The average molecular weight is 295 g/mol. The van der Waals surface area contributed by atoms with E-state index in [4.69, 9.17) is 20.7 Å². The van der Waals surface area contributed by atoms with Crippen LogP contribution in [-0.2, 0) is 20.8 Å². The van der Waals surface area contributed by atoms with Gasteiger partial charge in [-0.15, -0.1) is 0 Å². The molecule has 0 unspecified atom stereocenters. The lowest BCUT2D eigenvalue weighted by Crippen LogP contribution is -2.34. The van der Waals surface area contributed by atoms with E-state index in [0.717, 1.165) is 5.56 Å². The first-order valence-electron chi connectivity index (χ1n) is 6.38. The molecule has 114 valence electrons. The molecule has 4 N–H and O–H groups in total. The summed E-state index contributed by atoms with van der Waals surface area (Å²) in [7, 11) is 0. The smallest absolute Gasteiger partial charge is 0.328 e. The van der Waals surface area contributed by atoms with Crippen LogP contribution in [0.3, 0.4) is 0 Å². The van der Waals surface area contributed by atoms with Crippen LogP contribution in [0.15, 0.2) is 24.3 Å². The van der Waals surface area contributed by atoms with Crippen molar-refractivity contribution in [2.24, 2.45) is 5.73 Å². The zero-order valence-corrected chi connectivity index (χ0v) is 11.3. The number of carbonyl (C=O) groups is 3. The number of hydrogen-bond donors (Lipinski definition) is 3. The van der Waals surface area contributed by atoms with Gasteiger partial charge in [0.2, 0.25) is 0 Å². The fraction of sp³-hybridized carbons (Fsp3) is 0.357. The van der Waals surface area contributed by atoms with E-state index >= 15 is 0 Å². The largest absolute Gasteiger partial charge is 0.481 e. The van der Waals surface area contributed by atoms with Gasteiger partial charge in [-0.2, -0.15) is 0 Å². The van der Waals surface area contributed by atoms with Gasteiger partial charge < -0.3 is 20.7 Å². The van der Waals surface area contributed by atoms with Crippen LogP contribution in [0.1, 0.15) is 24.8 Å². The number of ether oxygens (including phenoxy) is 1. The molecule has 1 rings (SSSR count). The van der Waals surface area contributed by atoms with Gasteiger partial charge in [0.15, 0.2) is 0 Å². The Labute approximate surface area is 121 Å². The molecule has 0 aliphatic rings. The highest BCUT2D eigenvalue weighted by molar-refractivity contribution is 5.78. The van der Waals surface area contributed by atoms with Crippen molar-refractivity contribution in [3.05, 3.63) is 29.8 Å². The molecule has 7 nitrogen and oxygen atoms in total. The van der Waals surface area contributed by atoms with Crippen LogP contribution in [0.25, 0.3) is 0 Å². The van der Waals surface area contributed by atoms with E-state index in [1.165, 1.54) is 0 Å². The van der Waals surface area contributed by atoms with Crippen LogP contribution in [0.2, 0.25) is 0 Å². The number of carboxylic acids is 2. The summed E-state index contributed by atoms with van der Waals surface area (Å²) in [5, 5.41) is 17.1. The minimum absolute atomic E-state index is 0.00482. The Morgan fingerprint density at radius 1 is 1.05 bits per heavy atom. The van der Waals surface area contributed by atoms with E-state index in [1.807, 2.05) is 0 Å². The normalized spacial score (nSPS) is 11.7. The number of carbonyl (C=O) groups excluding carboxylic acids is 1. The average Bonchev–Trinajstić information content (AvgIpc) is 2.43. The highest BCUT2D eigenvalue weighted by Crippen LogP contribution is 2.14. The third kappa shape index (κ3) is 6.53. The summed E-state index contributed by atoms with van der Waals surface area (Å²) in [5.41, 5.74) is 6.33. The molecule has 0 bridgehead atoms. The molecule has 0 aromatic heterocycles. The second kappa shape index (κ2) is 8.01. The Kier molecular flexibility index (Phi) is 6.35. The molecule has 0 aliphatic heterocycles. The first-order chi connectivity index (χ1) is 9.88. The summed E-state index contributed by atoms with van der Waals surface area (Å²) < 4.78 is 5.02. The van der Waals surface area contributed by atoms with Crippen molar-refractivity contribution >= 4 is 17.9 Å². The Morgan fingerprint density at radius 3 is 2.14 bits per heavy atom. The molecule has 0 fully saturated rings. The number of nitrogens with two attached hydrogens (primary N) is 1. The Morgan fingerprint density at radius 2 is 1.62 bits per heavy atom. The molecule has 0 aliphatic carbocycles. The van der Waals surface area contributed by atoms with Crippen LogP contribution < -0.4 is 10.5 Å². The topological polar surface area (TPSA) is 127 Å². The van der Waals surface area contributed by atoms with Crippen molar-refractivity contribution in [2.45, 2.75) is 31.7 Å². The number of aliphatic carboxylic acids is 2. The van der Waals surface area contributed by atoms with E-state index in [9.17, 15) is 14.4 Å². The predicted molar refractivity (Wildman–Crippen MR) is 72.9 cm³/mol. The van der Waals surface area contributed by atoms with E-state index in [0.29, 0.717) is 6.42 Å². The second-order valence-corrected chi connectivity index (χ2v) is 4.50. The molecule has 0 spiro atoms. The molecule has 0 saturated carbocycles. The summed E-state index contributed by atoms with van der Waals surface area (Å²) in [5.74, 6) is -2.32. The van der Waals surface area contributed by atoms with Gasteiger partial charge in [0.05, 0.1) is 0 Å². The Hall–Kier alpha value is -2.41. The van der Waals surface area contributed by atoms with Crippen molar-refractivity contribution < 1.29 is 29.3 Å². The van der Waals surface area contributed by atoms with Crippen LogP contribution in [0.5, 0.6) is 5.75 Å². The minimum Gasteiger partial charge on any atom is -0.481 e. The number of aryl methyl sites for hydroxylation is 1. The monoisotopic (exact) mass is 295 g/mol. The Balaban J connectivity index is 2.49. The maximum Gasteiger partial charge on any atom is 0.328 e. The Bertz CT molecular complexity index is 511. The highest BCUT2D eigenvalue weighted by Gasteiger charge is 2.17. The lowest BCUT2D eigenvalue weighted by Gasteiger charge is -2.10. The van der Waals surface area contributed by atoms with Gasteiger partial charge in [-0.05, 0) is 30.5 Å². The third-order valence-corrected chi connectivity index (χ3v) is 2.74. The van der Waals surface area contributed by atoms with Crippen LogP contribution in [0.4, 0.5) is 0 Å². The fourth-order valence-electron chi connectivity index (χ4n) is 1.56. The zero-order chi connectivity index (χ0) is 15.8. The summed E-state index contributed by atoms with van der Waals surface area (Å²) in [6.07, 6.45) is 0.218. The number of benzene rings is 1. The predicted octanol–water partition coefficient (Wildman–Crippen LogP) is 0.801. The molecule has 0 heterocycles. The standard InChI is InChI=1S/C14H17NO6/c15-11(6-8-13(18)19)14(20)21-10-4-1-9(2-5-10)3-7-12(16)17/h1-2,4-5,11H,3,6-8,15H2,(H,16,17)(H,18,19)/t11-/m0/s1. The van der Waals surface area contributed by atoms with Gasteiger partial charge >= 0.3 is 17.9 Å². The maximum absolute atomic E-state index is 11.6. The van der Waals surface area contributed by atoms with Crippen LogP contribution in [0, 0.1) is 0 Å². The fourth-order valence-corrected chi connectivity index (χ4v) is 1.56. The molecule has 7 heteroatoms. The van der Waals surface area contributed by atoms with Gasteiger partial charge in [0, 0.05) is 12.8 Å². The van der Waals surface area contributed by atoms with Crippen molar-refractivity contribution in [3.8, 4) is 5.75 Å². The van der Waals surface area contributed by atoms with Crippen molar-refractivity contribution in [1.82, 2.24) is 0 Å². The molecular formula is C14H17NO6. The van der Waals surface area contributed by atoms with Gasteiger partial charge in [-0.3, -0.25) is 9.59 Å². The molecule has 0 radical (unpaired) electrons. The molecule has 0 saturated heterocycles. The lowest BCUT2D eigenvalue weighted by molar-refractivity contribution is -0.139. The van der Waals surface area contributed by atoms with E-state index in [2.05, 4.69) is 0 Å². The second-order valence-electron chi connectivity index (χ2n) is 4.50. The number of hydrogen-bond acceptors (Lipinski definition) is 5. The van der Waals surface area contributed by atoms with Crippen LogP contribution in [-0.4, -0.2) is 34.2 Å². The maximum atomic E-state index is 11.6. The number of esters is 1. The first kappa shape index (κ1) is 16.6. The van der Waals surface area contributed by atoms with Crippen molar-refractivity contribution in [1.29, 1.82) is 0 Å². The molecule has 21 heavy (non-hydrogen) atoms. The molecule has 1 aromatic carbocycles. The molecule has 0 amide bonds. The number of rotatable bonds is 8. The third-order valence-electron chi connectivity index (χ3n) is 2.74. The van der Waals surface area contributed by atoms with Crippen molar-refractivity contribution in [2.75, 3.05) is 0 Å². The molecule has 1 atom stereocenters. The van der Waals surface area contributed by atoms with Gasteiger partial charge in [0.25, 0.3) is 0 Å². The van der Waals surface area contributed by atoms with E-state index in [-0.39, 0.29) is 25.0 Å². The first-order valence-corrected chi connectivity index (χ1v) is 6.38. The highest BCUT2D eigenvalue weighted by atomic mass is 16.5. The van der Waals surface area contributed by atoms with Gasteiger partial charge in [-0.1, -0.05) is 12.1 Å². The van der Waals surface area contributed by atoms with Crippen LogP contribution >= 0.6 is 0 Å². The van der Waals surface area contributed by atoms with Gasteiger partial charge in [0.1, 0.15) is 11.8 Å². The molecular weight excluding hydrogens is 278 g/mol. The van der Waals surface area contributed by atoms with Crippen molar-refractivity contribution in [3.63, 3.8) is 0 Å². The summed E-state index contributed by atoms with van der Waals surface area (Å²) in [4.78, 5) is 32.4. The SMILES string of the molecule is N[C@@H](CCC(=O)O)C(=O)Oc1ccc(CCC(=O)O)cc1. The number of carboxylic acid groups (broad SMARTS) is 2. The summed E-state index contributed by atoms with van der Waals surface area (Å²) in [6, 6.07) is 5.41. The zero-order valence-electron chi connectivity index (χ0n) is 11.3. The minimum atomic E-state index is -1.03. The lowest BCUT2D eigenvalue weighted by atomic mass is 10.1.